The molecular formula is C16H11Cl2NO3. The molecule has 2 aromatic carbocycles. The molecule has 0 aromatic heterocycles. The number of nitrogens with one attached hydrogen (secondary N) is 1. The van der Waals surface area contributed by atoms with Crippen LogP contribution >= 0.6 is 23.2 Å². The summed E-state index contributed by atoms with van der Waals surface area (Å²) >= 11 is 11.7. The molecule has 0 radical (unpaired) electrons. The maximum atomic E-state index is 11.9. The Morgan fingerprint density at radius 3 is 2.45 bits per heavy atom. The molecule has 1 amide bonds. The summed E-state index contributed by atoms with van der Waals surface area (Å²) in [6.45, 7) is 0. The third-order valence-electron chi connectivity index (χ3n) is 2.75. The second-order valence-corrected chi connectivity index (χ2v) is 5.25. The number of hydrogen-bond acceptors (Lipinski definition) is 2. The Hall–Kier alpha value is -2.30. The lowest BCUT2D eigenvalue weighted by Crippen LogP contribution is -2.12. The van der Waals surface area contributed by atoms with E-state index in [1.165, 1.54) is 24.3 Å². The number of carboxylic acids is 1. The summed E-state index contributed by atoms with van der Waals surface area (Å²) < 4.78 is 0. The Kier molecular flexibility index (Phi) is 5.20. The number of carbonyl (C=O) groups excluding carboxylic acids is 1. The van der Waals surface area contributed by atoms with Crippen LogP contribution < -0.4 is 5.32 Å². The summed E-state index contributed by atoms with van der Waals surface area (Å²) in [5.74, 6) is -1.62. The van der Waals surface area contributed by atoms with E-state index < -0.39 is 11.9 Å². The molecule has 2 aromatic rings. The average molecular weight is 336 g/mol. The number of carboxylic acid groups (broad SMARTS) is 1. The average Bonchev–Trinajstić information content (AvgIpc) is 2.45. The van der Waals surface area contributed by atoms with Crippen LogP contribution in [0.3, 0.4) is 0 Å². The van der Waals surface area contributed by atoms with Gasteiger partial charge in [0.1, 0.15) is 0 Å². The Labute approximate surface area is 137 Å². The first-order valence-electron chi connectivity index (χ1n) is 6.23. The molecule has 0 aliphatic rings. The Balaban J connectivity index is 2.15. The summed E-state index contributed by atoms with van der Waals surface area (Å²) in [4.78, 5) is 23.0. The third kappa shape index (κ3) is 4.35. The fourth-order valence-electron chi connectivity index (χ4n) is 1.76. The number of hydrogen-bond donors (Lipinski definition) is 2. The number of benzene rings is 2. The molecule has 0 aliphatic carbocycles. The van der Waals surface area contributed by atoms with Crippen LogP contribution in [0.15, 0.2) is 48.5 Å². The molecular weight excluding hydrogens is 325 g/mol. The minimum atomic E-state index is -1.15. The van der Waals surface area contributed by atoms with Crippen molar-refractivity contribution in [3.63, 3.8) is 0 Å². The first-order chi connectivity index (χ1) is 10.5. The van der Waals surface area contributed by atoms with E-state index in [0.29, 0.717) is 10.0 Å². The normalized spacial score (nSPS) is 10.6. The van der Waals surface area contributed by atoms with Crippen molar-refractivity contribution >= 4 is 46.8 Å². The van der Waals surface area contributed by atoms with Gasteiger partial charge in [0.05, 0.1) is 11.3 Å². The molecule has 22 heavy (non-hydrogen) atoms. The van der Waals surface area contributed by atoms with E-state index in [2.05, 4.69) is 5.32 Å². The standard InChI is InChI=1S/C16H11Cl2NO3/c17-11-3-1-2-10(8-11)4-7-15(20)19-14-9-12(18)5-6-13(14)16(21)22/h1-9H,(H,19,20)(H,21,22)/b7-4+. The zero-order chi connectivity index (χ0) is 16.1. The van der Waals surface area contributed by atoms with Crippen LogP contribution in [0.4, 0.5) is 5.69 Å². The van der Waals surface area contributed by atoms with Crippen molar-refractivity contribution < 1.29 is 14.7 Å². The van der Waals surface area contributed by atoms with E-state index in [9.17, 15) is 9.59 Å². The highest BCUT2D eigenvalue weighted by molar-refractivity contribution is 6.31. The molecule has 4 nitrogen and oxygen atoms in total. The van der Waals surface area contributed by atoms with E-state index >= 15 is 0 Å². The molecule has 0 fully saturated rings. The van der Waals surface area contributed by atoms with Crippen molar-refractivity contribution in [2.75, 3.05) is 5.32 Å². The number of amides is 1. The molecule has 0 saturated carbocycles. The highest BCUT2D eigenvalue weighted by atomic mass is 35.5. The number of aromatic carboxylic acids is 1. The summed E-state index contributed by atoms with van der Waals surface area (Å²) in [5.41, 5.74) is 0.863. The van der Waals surface area contributed by atoms with Crippen molar-refractivity contribution in [2.24, 2.45) is 0 Å². The van der Waals surface area contributed by atoms with E-state index in [4.69, 9.17) is 28.3 Å². The largest absolute Gasteiger partial charge is 0.478 e. The fraction of sp³-hybridized carbons (Fsp3) is 0. The van der Waals surface area contributed by atoms with Crippen LogP contribution in [0.1, 0.15) is 15.9 Å². The molecule has 0 saturated heterocycles. The molecule has 2 rings (SSSR count). The molecule has 0 atom stereocenters. The van der Waals surface area contributed by atoms with E-state index in [1.54, 1.807) is 30.3 Å². The third-order valence-corrected chi connectivity index (χ3v) is 3.22. The van der Waals surface area contributed by atoms with Crippen molar-refractivity contribution in [3.05, 3.63) is 69.7 Å². The van der Waals surface area contributed by atoms with Gasteiger partial charge in [0.15, 0.2) is 0 Å². The van der Waals surface area contributed by atoms with Crippen LogP contribution in [0.2, 0.25) is 10.0 Å². The first kappa shape index (κ1) is 16.1. The van der Waals surface area contributed by atoms with Gasteiger partial charge in [-0.1, -0.05) is 35.3 Å². The minimum absolute atomic E-state index is 0.0334. The second kappa shape index (κ2) is 7.11. The maximum Gasteiger partial charge on any atom is 0.337 e. The molecule has 0 heterocycles. The lowest BCUT2D eigenvalue weighted by Gasteiger charge is -2.07. The molecule has 0 aliphatic heterocycles. The summed E-state index contributed by atoms with van der Waals surface area (Å²) in [6.07, 6.45) is 2.87. The van der Waals surface area contributed by atoms with Gasteiger partial charge in [-0.25, -0.2) is 4.79 Å². The van der Waals surface area contributed by atoms with Gasteiger partial charge in [0.25, 0.3) is 0 Å². The molecule has 0 unspecified atom stereocenters. The van der Waals surface area contributed by atoms with E-state index in [0.717, 1.165) is 5.56 Å². The monoisotopic (exact) mass is 335 g/mol. The maximum absolute atomic E-state index is 11.9. The summed E-state index contributed by atoms with van der Waals surface area (Å²) in [7, 11) is 0. The van der Waals surface area contributed by atoms with Gasteiger partial charge >= 0.3 is 5.97 Å². The fourth-order valence-corrected chi connectivity index (χ4v) is 2.13. The Bertz CT molecular complexity index is 757. The van der Waals surface area contributed by atoms with Gasteiger partial charge in [-0.05, 0) is 42.0 Å². The molecule has 112 valence electrons. The smallest absolute Gasteiger partial charge is 0.337 e. The van der Waals surface area contributed by atoms with Crippen LogP contribution in [-0.4, -0.2) is 17.0 Å². The highest BCUT2D eigenvalue weighted by Crippen LogP contribution is 2.21. The SMILES string of the molecule is O=C(/C=C/c1cccc(Cl)c1)Nc1cc(Cl)ccc1C(=O)O. The Morgan fingerprint density at radius 1 is 1.05 bits per heavy atom. The molecule has 6 heteroatoms. The topological polar surface area (TPSA) is 66.4 Å². The van der Waals surface area contributed by atoms with Crippen molar-refractivity contribution in [2.45, 2.75) is 0 Å². The van der Waals surface area contributed by atoms with Crippen LogP contribution in [0.25, 0.3) is 6.08 Å². The van der Waals surface area contributed by atoms with Gasteiger partial charge < -0.3 is 10.4 Å². The van der Waals surface area contributed by atoms with Crippen molar-refractivity contribution in [1.82, 2.24) is 0 Å². The minimum Gasteiger partial charge on any atom is -0.478 e. The zero-order valence-corrected chi connectivity index (χ0v) is 12.7. The van der Waals surface area contributed by atoms with Crippen molar-refractivity contribution in [1.29, 1.82) is 0 Å². The number of halogens is 2. The van der Waals surface area contributed by atoms with Gasteiger partial charge in [0, 0.05) is 16.1 Å². The zero-order valence-electron chi connectivity index (χ0n) is 11.2. The lowest BCUT2D eigenvalue weighted by molar-refractivity contribution is -0.111. The number of carbonyl (C=O) groups is 2. The van der Waals surface area contributed by atoms with Crippen LogP contribution in [0, 0.1) is 0 Å². The highest BCUT2D eigenvalue weighted by Gasteiger charge is 2.11. The van der Waals surface area contributed by atoms with E-state index in [1.807, 2.05) is 0 Å². The quantitative estimate of drug-likeness (QED) is 0.816. The van der Waals surface area contributed by atoms with Gasteiger partial charge in [0.2, 0.25) is 5.91 Å². The van der Waals surface area contributed by atoms with Gasteiger partial charge in [-0.15, -0.1) is 0 Å². The summed E-state index contributed by atoms with van der Waals surface area (Å²) in [5, 5.41) is 12.5. The summed E-state index contributed by atoms with van der Waals surface area (Å²) in [6, 6.07) is 11.1. The van der Waals surface area contributed by atoms with Gasteiger partial charge in [-0.2, -0.15) is 0 Å². The lowest BCUT2D eigenvalue weighted by atomic mass is 10.1. The van der Waals surface area contributed by atoms with Crippen LogP contribution in [0.5, 0.6) is 0 Å². The number of rotatable bonds is 4. The van der Waals surface area contributed by atoms with Crippen molar-refractivity contribution in [3.8, 4) is 0 Å². The van der Waals surface area contributed by atoms with Gasteiger partial charge in [-0.3, -0.25) is 4.79 Å². The second-order valence-electron chi connectivity index (χ2n) is 4.37. The first-order valence-corrected chi connectivity index (χ1v) is 6.99. The molecule has 0 bridgehead atoms. The van der Waals surface area contributed by atoms with E-state index in [-0.39, 0.29) is 11.3 Å². The number of anilines is 1. The predicted molar refractivity (Wildman–Crippen MR) is 87.5 cm³/mol. The molecule has 2 N–H and O–H groups in total. The Morgan fingerprint density at radius 2 is 1.77 bits per heavy atom. The predicted octanol–water partition coefficient (Wildman–Crippen LogP) is 4.34. The molecule has 0 spiro atoms. The van der Waals surface area contributed by atoms with Crippen LogP contribution in [-0.2, 0) is 4.79 Å².